The Hall–Kier alpha value is -2.25. The third kappa shape index (κ3) is 3.94. The van der Waals surface area contributed by atoms with Crippen molar-refractivity contribution in [1.29, 1.82) is 0 Å². The van der Waals surface area contributed by atoms with Crippen LogP contribution in [0.2, 0.25) is 0 Å². The molecule has 0 unspecified atom stereocenters. The third-order valence-corrected chi connectivity index (χ3v) is 5.23. The molecule has 0 aliphatic carbocycles. The van der Waals surface area contributed by atoms with Crippen LogP contribution >= 0.6 is 11.3 Å². The maximum Gasteiger partial charge on any atom is 0.278 e. The van der Waals surface area contributed by atoms with Crippen LogP contribution in [0.25, 0.3) is 10.2 Å². The van der Waals surface area contributed by atoms with E-state index in [-0.39, 0.29) is 5.91 Å². The highest BCUT2D eigenvalue weighted by atomic mass is 32.1. The number of anilines is 1. The summed E-state index contributed by atoms with van der Waals surface area (Å²) in [4.78, 5) is 21.9. The van der Waals surface area contributed by atoms with Crippen molar-refractivity contribution in [3.05, 3.63) is 41.7 Å². The van der Waals surface area contributed by atoms with E-state index < -0.39 is 0 Å². The van der Waals surface area contributed by atoms with Crippen molar-refractivity contribution < 1.29 is 4.79 Å². The van der Waals surface area contributed by atoms with Gasteiger partial charge in [-0.1, -0.05) is 23.5 Å². The zero-order valence-electron chi connectivity index (χ0n) is 15.8. The second-order valence-electron chi connectivity index (χ2n) is 6.56. The van der Waals surface area contributed by atoms with Gasteiger partial charge in [-0.15, -0.1) is 0 Å². The molecule has 7 heteroatoms. The van der Waals surface area contributed by atoms with Gasteiger partial charge >= 0.3 is 0 Å². The molecule has 3 aromatic rings. The molecule has 0 bridgehead atoms. The fourth-order valence-electron chi connectivity index (χ4n) is 2.90. The van der Waals surface area contributed by atoms with E-state index in [0.29, 0.717) is 18.8 Å². The molecule has 2 heterocycles. The molecular weight excluding hydrogens is 346 g/mol. The maximum atomic E-state index is 13.3. The molecule has 0 N–H and O–H groups in total. The highest BCUT2D eigenvalue weighted by Crippen LogP contribution is 2.29. The zero-order chi connectivity index (χ0) is 18.7. The highest BCUT2D eigenvalue weighted by molar-refractivity contribution is 7.22. The summed E-state index contributed by atoms with van der Waals surface area (Å²) >= 11 is 1.56. The van der Waals surface area contributed by atoms with Crippen LogP contribution in [-0.4, -0.2) is 52.8 Å². The van der Waals surface area contributed by atoms with Gasteiger partial charge in [-0.05, 0) is 59.1 Å². The molecule has 0 radical (unpaired) electrons. The fraction of sp³-hybridized carbons (Fsp3) is 0.421. The van der Waals surface area contributed by atoms with Gasteiger partial charge in [-0.2, -0.15) is 5.10 Å². The summed E-state index contributed by atoms with van der Waals surface area (Å²) in [7, 11) is 4.08. The predicted octanol–water partition coefficient (Wildman–Crippen LogP) is 3.42. The first kappa shape index (κ1) is 18.5. The van der Waals surface area contributed by atoms with Crippen LogP contribution in [-0.2, 0) is 6.54 Å². The van der Waals surface area contributed by atoms with Crippen molar-refractivity contribution in [1.82, 2.24) is 19.7 Å². The Morgan fingerprint density at radius 3 is 2.69 bits per heavy atom. The average Bonchev–Trinajstić information content (AvgIpc) is 3.20. The minimum Gasteiger partial charge on any atom is -0.309 e. The molecule has 0 fully saturated rings. The van der Waals surface area contributed by atoms with E-state index >= 15 is 0 Å². The molecule has 1 aromatic carbocycles. The molecule has 6 nitrogen and oxygen atoms in total. The lowest BCUT2D eigenvalue weighted by Crippen LogP contribution is -2.34. The van der Waals surface area contributed by atoms with Gasteiger partial charge in [-0.3, -0.25) is 14.4 Å². The number of thiazole rings is 1. The van der Waals surface area contributed by atoms with Gasteiger partial charge in [0.2, 0.25) is 0 Å². The Labute approximate surface area is 158 Å². The van der Waals surface area contributed by atoms with Crippen LogP contribution in [0.1, 0.15) is 29.5 Å². The summed E-state index contributed by atoms with van der Waals surface area (Å²) in [5.74, 6) is -0.0368. The maximum absolute atomic E-state index is 13.3. The number of hydrogen-bond acceptors (Lipinski definition) is 5. The summed E-state index contributed by atoms with van der Waals surface area (Å²) in [6, 6.07) is 9.85. The van der Waals surface area contributed by atoms with E-state index in [2.05, 4.69) is 10.00 Å². The lowest BCUT2D eigenvalue weighted by molar-refractivity contribution is 0.0975. The topological polar surface area (TPSA) is 54.3 Å². The van der Waals surface area contributed by atoms with Gasteiger partial charge in [0.05, 0.1) is 15.9 Å². The van der Waals surface area contributed by atoms with Crippen LogP contribution in [0.4, 0.5) is 5.13 Å². The third-order valence-electron chi connectivity index (χ3n) is 4.17. The number of nitrogens with zero attached hydrogens (tertiary/aromatic N) is 5. The summed E-state index contributed by atoms with van der Waals surface area (Å²) in [6.07, 6.45) is 0.883. The van der Waals surface area contributed by atoms with E-state index in [1.807, 2.05) is 58.3 Å². The van der Waals surface area contributed by atoms with Gasteiger partial charge in [0, 0.05) is 13.1 Å². The molecule has 0 atom stereocenters. The Morgan fingerprint density at radius 1 is 1.23 bits per heavy atom. The Bertz CT molecular complexity index is 865. The van der Waals surface area contributed by atoms with Crippen molar-refractivity contribution in [2.75, 3.05) is 32.1 Å². The molecular formula is C19H25N5OS. The van der Waals surface area contributed by atoms with E-state index in [4.69, 9.17) is 4.98 Å². The molecule has 0 spiro atoms. The monoisotopic (exact) mass is 371 g/mol. The first-order valence-electron chi connectivity index (χ1n) is 8.86. The molecule has 138 valence electrons. The number of aryl methyl sites for hydroxylation is 2. The second kappa shape index (κ2) is 7.97. The predicted molar refractivity (Wildman–Crippen MR) is 107 cm³/mol. The summed E-state index contributed by atoms with van der Waals surface area (Å²) in [5, 5.41) is 5.17. The van der Waals surface area contributed by atoms with E-state index in [1.165, 1.54) is 0 Å². The molecule has 26 heavy (non-hydrogen) atoms. The smallest absolute Gasteiger partial charge is 0.278 e. The molecule has 1 amide bonds. The SMILES string of the molecule is CCn1nc(C)cc1C(=O)N(CCCN(C)C)c1nc2ccccc2s1. The number of amides is 1. The molecule has 2 aromatic heterocycles. The number of carbonyl (C=O) groups is 1. The summed E-state index contributed by atoms with van der Waals surface area (Å²) in [6.45, 7) is 6.13. The Morgan fingerprint density at radius 2 is 2.00 bits per heavy atom. The molecule has 0 saturated heterocycles. The van der Waals surface area contributed by atoms with Gasteiger partial charge in [0.15, 0.2) is 5.13 Å². The van der Waals surface area contributed by atoms with E-state index in [1.54, 1.807) is 20.9 Å². The van der Waals surface area contributed by atoms with Gasteiger partial charge in [0.25, 0.3) is 5.91 Å². The van der Waals surface area contributed by atoms with Crippen molar-refractivity contribution in [3.8, 4) is 0 Å². The average molecular weight is 372 g/mol. The van der Waals surface area contributed by atoms with Crippen molar-refractivity contribution >= 4 is 32.6 Å². The molecule has 0 saturated carbocycles. The van der Waals surface area contributed by atoms with Crippen LogP contribution in [0.15, 0.2) is 30.3 Å². The van der Waals surface area contributed by atoms with Crippen LogP contribution in [0, 0.1) is 6.92 Å². The van der Waals surface area contributed by atoms with Gasteiger partial charge in [0.1, 0.15) is 5.69 Å². The lowest BCUT2D eigenvalue weighted by Gasteiger charge is -2.21. The van der Waals surface area contributed by atoms with Crippen molar-refractivity contribution in [2.45, 2.75) is 26.8 Å². The van der Waals surface area contributed by atoms with Crippen molar-refractivity contribution in [3.63, 3.8) is 0 Å². The number of fused-ring (bicyclic) bond motifs is 1. The second-order valence-corrected chi connectivity index (χ2v) is 7.57. The number of para-hydroxylation sites is 1. The number of benzene rings is 1. The normalized spacial score (nSPS) is 11.4. The lowest BCUT2D eigenvalue weighted by atomic mass is 10.3. The van der Waals surface area contributed by atoms with Crippen LogP contribution in [0.3, 0.4) is 0 Å². The number of rotatable bonds is 7. The quantitative estimate of drug-likeness (QED) is 0.639. The fourth-order valence-corrected chi connectivity index (χ4v) is 3.89. The number of carbonyl (C=O) groups excluding carboxylic acids is 1. The number of hydrogen-bond donors (Lipinski definition) is 0. The standard InChI is InChI=1S/C19H25N5OS/c1-5-24-16(13-14(2)21-24)18(25)23(12-8-11-22(3)4)19-20-15-9-6-7-10-17(15)26-19/h6-7,9-10,13H,5,8,11-12H2,1-4H3. The van der Waals surface area contributed by atoms with E-state index in [9.17, 15) is 4.79 Å². The first-order valence-corrected chi connectivity index (χ1v) is 9.68. The van der Waals surface area contributed by atoms with Crippen LogP contribution in [0.5, 0.6) is 0 Å². The molecule has 3 rings (SSSR count). The number of aromatic nitrogens is 3. The largest absolute Gasteiger partial charge is 0.309 e. The summed E-state index contributed by atoms with van der Waals surface area (Å²) < 4.78 is 2.86. The van der Waals surface area contributed by atoms with E-state index in [0.717, 1.165) is 34.0 Å². The molecule has 0 aliphatic rings. The minimum absolute atomic E-state index is 0.0368. The molecule has 0 aliphatic heterocycles. The Balaban J connectivity index is 1.95. The first-order chi connectivity index (χ1) is 12.5. The highest BCUT2D eigenvalue weighted by Gasteiger charge is 2.24. The van der Waals surface area contributed by atoms with Gasteiger partial charge < -0.3 is 4.90 Å². The Kier molecular flexibility index (Phi) is 5.68. The minimum atomic E-state index is -0.0368. The van der Waals surface area contributed by atoms with Crippen molar-refractivity contribution in [2.24, 2.45) is 0 Å². The summed E-state index contributed by atoms with van der Waals surface area (Å²) in [5.41, 5.74) is 2.40. The zero-order valence-corrected chi connectivity index (χ0v) is 16.6. The van der Waals surface area contributed by atoms with Crippen LogP contribution < -0.4 is 4.90 Å². The van der Waals surface area contributed by atoms with Gasteiger partial charge in [-0.25, -0.2) is 4.98 Å².